The monoisotopic (exact) mass is 287 g/mol. The van der Waals surface area contributed by atoms with Gasteiger partial charge in [0.25, 0.3) is 0 Å². The van der Waals surface area contributed by atoms with E-state index >= 15 is 0 Å². The summed E-state index contributed by atoms with van der Waals surface area (Å²) in [6.07, 6.45) is 0. The Bertz CT molecular complexity index is 301. The molecule has 2 N–H and O–H groups in total. The molecule has 1 aromatic rings. The molecule has 84 valence electrons. The number of hydrogen-bond acceptors (Lipinski definition) is 2. The van der Waals surface area contributed by atoms with Gasteiger partial charge in [0.05, 0.1) is 0 Å². The maximum Gasteiger partial charge on any atom is 0.0420 e. The van der Waals surface area contributed by atoms with E-state index in [1.807, 2.05) is 17.8 Å². The SMILES string of the molecule is CC(C)CSC(CN)c1cccc(Br)c1. The van der Waals surface area contributed by atoms with Gasteiger partial charge in [0.1, 0.15) is 0 Å². The number of nitrogens with two attached hydrogens (primary N) is 1. The summed E-state index contributed by atoms with van der Waals surface area (Å²) in [5.74, 6) is 1.88. The fourth-order valence-electron chi connectivity index (χ4n) is 1.32. The maximum absolute atomic E-state index is 5.80. The van der Waals surface area contributed by atoms with Crippen LogP contribution < -0.4 is 5.73 Å². The lowest BCUT2D eigenvalue weighted by molar-refractivity contribution is 0.746. The van der Waals surface area contributed by atoms with Gasteiger partial charge >= 0.3 is 0 Å². The zero-order chi connectivity index (χ0) is 11.3. The van der Waals surface area contributed by atoms with Gasteiger partial charge in [-0.25, -0.2) is 0 Å². The van der Waals surface area contributed by atoms with Crippen molar-refractivity contribution >= 4 is 27.7 Å². The molecular formula is C12H18BrNS. The molecule has 0 aliphatic heterocycles. The number of benzene rings is 1. The molecule has 15 heavy (non-hydrogen) atoms. The van der Waals surface area contributed by atoms with Crippen LogP contribution in [0.25, 0.3) is 0 Å². The third-order valence-electron chi connectivity index (χ3n) is 2.07. The summed E-state index contributed by atoms with van der Waals surface area (Å²) >= 11 is 5.44. The van der Waals surface area contributed by atoms with E-state index in [0.717, 1.165) is 16.1 Å². The molecule has 0 heterocycles. The molecule has 0 aromatic heterocycles. The third kappa shape index (κ3) is 4.58. The first-order chi connectivity index (χ1) is 7.13. The van der Waals surface area contributed by atoms with Gasteiger partial charge in [-0.1, -0.05) is 41.9 Å². The van der Waals surface area contributed by atoms with Crippen LogP contribution in [0.5, 0.6) is 0 Å². The Morgan fingerprint density at radius 2 is 2.13 bits per heavy atom. The van der Waals surface area contributed by atoms with E-state index in [9.17, 15) is 0 Å². The van der Waals surface area contributed by atoms with Crippen LogP contribution in [0.2, 0.25) is 0 Å². The molecule has 0 aliphatic rings. The number of thioether (sulfide) groups is 1. The highest BCUT2D eigenvalue weighted by Gasteiger charge is 2.10. The zero-order valence-electron chi connectivity index (χ0n) is 9.24. The third-order valence-corrected chi connectivity index (χ3v) is 4.28. The van der Waals surface area contributed by atoms with Crippen LogP contribution in [-0.4, -0.2) is 12.3 Å². The standard InChI is InChI=1S/C12H18BrNS/c1-9(2)8-15-12(7-14)10-4-3-5-11(13)6-10/h3-6,9,12H,7-8,14H2,1-2H3. The van der Waals surface area contributed by atoms with Gasteiger partial charge in [-0.2, -0.15) is 11.8 Å². The van der Waals surface area contributed by atoms with Crippen LogP contribution in [0.1, 0.15) is 24.7 Å². The minimum absolute atomic E-state index is 0.421. The van der Waals surface area contributed by atoms with Crippen molar-refractivity contribution in [3.63, 3.8) is 0 Å². The second kappa shape index (κ2) is 6.56. The fourth-order valence-corrected chi connectivity index (χ4v) is 2.83. The van der Waals surface area contributed by atoms with Crippen LogP contribution in [-0.2, 0) is 0 Å². The molecule has 1 rings (SSSR count). The van der Waals surface area contributed by atoms with Crippen LogP contribution >= 0.6 is 27.7 Å². The van der Waals surface area contributed by atoms with E-state index in [-0.39, 0.29) is 0 Å². The average molecular weight is 288 g/mol. The Morgan fingerprint density at radius 1 is 1.40 bits per heavy atom. The Labute approximate surface area is 105 Å². The average Bonchev–Trinajstić information content (AvgIpc) is 2.18. The van der Waals surface area contributed by atoms with Gasteiger partial charge < -0.3 is 5.73 Å². The first kappa shape index (κ1) is 13.1. The summed E-state index contributed by atoms with van der Waals surface area (Å²) in [7, 11) is 0. The van der Waals surface area contributed by atoms with Crippen molar-refractivity contribution < 1.29 is 0 Å². The molecular weight excluding hydrogens is 270 g/mol. The maximum atomic E-state index is 5.80. The van der Waals surface area contributed by atoms with Gasteiger partial charge in [-0.05, 0) is 29.4 Å². The van der Waals surface area contributed by atoms with Crippen LogP contribution in [0.15, 0.2) is 28.7 Å². The molecule has 0 radical (unpaired) electrons. The summed E-state index contributed by atoms with van der Waals surface area (Å²) in [5, 5.41) is 0.421. The smallest absolute Gasteiger partial charge is 0.0420 e. The van der Waals surface area contributed by atoms with Crippen LogP contribution in [0.3, 0.4) is 0 Å². The van der Waals surface area contributed by atoms with E-state index in [0.29, 0.717) is 11.8 Å². The summed E-state index contributed by atoms with van der Waals surface area (Å²) in [6.45, 7) is 5.18. The molecule has 1 aromatic carbocycles. The van der Waals surface area contributed by atoms with Crippen LogP contribution in [0.4, 0.5) is 0 Å². The highest BCUT2D eigenvalue weighted by Crippen LogP contribution is 2.30. The van der Waals surface area contributed by atoms with E-state index < -0.39 is 0 Å². The molecule has 0 bridgehead atoms. The summed E-state index contributed by atoms with van der Waals surface area (Å²) in [6, 6.07) is 8.42. The van der Waals surface area contributed by atoms with Crippen molar-refractivity contribution in [3.05, 3.63) is 34.3 Å². The predicted octanol–water partition coefficient (Wildman–Crippen LogP) is 3.84. The van der Waals surface area contributed by atoms with Crippen molar-refractivity contribution in [1.82, 2.24) is 0 Å². The molecule has 0 aliphatic carbocycles. The lowest BCUT2D eigenvalue weighted by atomic mass is 10.1. The molecule has 3 heteroatoms. The van der Waals surface area contributed by atoms with Crippen molar-refractivity contribution in [1.29, 1.82) is 0 Å². The van der Waals surface area contributed by atoms with Crippen molar-refractivity contribution in [2.24, 2.45) is 11.7 Å². The topological polar surface area (TPSA) is 26.0 Å². The second-order valence-corrected chi connectivity index (χ2v) is 6.16. The highest BCUT2D eigenvalue weighted by molar-refractivity contribution is 9.10. The van der Waals surface area contributed by atoms with Gasteiger partial charge in [0.2, 0.25) is 0 Å². The van der Waals surface area contributed by atoms with Crippen molar-refractivity contribution in [3.8, 4) is 0 Å². The summed E-state index contributed by atoms with van der Waals surface area (Å²) < 4.78 is 1.13. The number of halogens is 1. The van der Waals surface area contributed by atoms with E-state index in [1.165, 1.54) is 5.56 Å². The Kier molecular flexibility index (Phi) is 5.72. The molecule has 0 saturated heterocycles. The Hall–Kier alpha value is 0.01000. The van der Waals surface area contributed by atoms with E-state index in [1.54, 1.807) is 0 Å². The number of rotatable bonds is 5. The molecule has 0 saturated carbocycles. The first-order valence-corrected chi connectivity index (χ1v) is 7.04. The zero-order valence-corrected chi connectivity index (χ0v) is 11.6. The quantitative estimate of drug-likeness (QED) is 0.891. The second-order valence-electron chi connectivity index (χ2n) is 4.01. The van der Waals surface area contributed by atoms with Gasteiger partial charge in [0, 0.05) is 16.3 Å². The van der Waals surface area contributed by atoms with Gasteiger partial charge in [-0.3, -0.25) is 0 Å². The van der Waals surface area contributed by atoms with Crippen LogP contribution in [0, 0.1) is 5.92 Å². The molecule has 0 amide bonds. The minimum Gasteiger partial charge on any atom is -0.329 e. The fraction of sp³-hybridized carbons (Fsp3) is 0.500. The summed E-state index contributed by atoms with van der Waals surface area (Å²) in [4.78, 5) is 0. The predicted molar refractivity (Wildman–Crippen MR) is 73.2 cm³/mol. The van der Waals surface area contributed by atoms with E-state index in [2.05, 4.69) is 48.0 Å². The van der Waals surface area contributed by atoms with E-state index in [4.69, 9.17) is 5.73 Å². The van der Waals surface area contributed by atoms with Gasteiger partial charge in [0.15, 0.2) is 0 Å². The largest absolute Gasteiger partial charge is 0.329 e. The molecule has 1 atom stereocenters. The molecule has 0 fully saturated rings. The Balaban J connectivity index is 2.65. The highest BCUT2D eigenvalue weighted by atomic mass is 79.9. The van der Waals surface area contributed by atoms with Crippen molar-refractivity contribution in [2.45, 2.75) is 19.1 Å². The lowest BCUT2D eigenvalue weighted by Crippen LogP contribution is -2.11. The number of hydrogen-bond donors (Lipinski definition) is 1. The molecule has 1 unspecified atom stereocenters. The molecule has 0 spiro atoms. The minimum atomic E-state index is 0.421. The van der Waals surface area contributed by atoms with Crippen molar-refractivity contribution in [2.75, 3.05) is 12.3 Å². The first-order valence-electron chi connectivity index (χ1n) is 5.20. The normalized spacial score (nSPS) is 13.1. The lowest BCUT2D eigenvalue weighted by Gasteiger charge is -2.16. The Morgan fingerprint density at radius 3 is 2.67 bits per heavy atom. The van der Waals surface area contributed by atoms with Gasteiger partial charge in [-0.15, -0.1) is 0 Å². The molecule has 1 nitrogen and oxygen atoms in total. The summed E-state index contributed by atoms with van der Waals surface area (Å²) in [5.41, 5.74) is 7.12.